The summed E-state index contributed by atoms with van der Waals surface area (Å²) in [6, 6.07) is 9.03. The van der Waals surface area contributed by atoms with Gasteiger partial charge in [0, 0.05) is 19.6 Å². The molecule has 0 aliphatic carbocycles. The molecule has 0 atom stereocenters. The molecule has 1 aromatic carbocycles. The lowest BCUT2D eigenvalue weighted by Gasteiger charge is -2.39. The van der Waals surface area contributed by atoms with Crippen LogP contribution in [0.3, 0.4) is 0 Å². The Morgan fingerprint density at radius 3 is 2.50 bits per heavy atom. The van der Waals surface area contributed by atoms with Crippen LogP contribution in [-0.4, -0.2) is 34.9 Å². The first-order valence-corrected chi connectivity index (χ1v) is 6.34. The standard InChI is InChI=1S/C14H15F3N2O/c15-14(16,17)13(20)4-6-19(7-5-13)10-12-3-1-2-11(8-12)9-18/h1-3,8,20H,4-7,10H2. The number of hydrogen-bond acceptors (Lipinski definition) is 3. The Kier molecular flexibility index (Phi) is 4.02. The molecule has 1 heterocycles. The summed E-state index contributed by atoms with van der Waals surface area (Å²) in [5.41, 5.74) is -1.13. The molecule has 1 saturated heterocycles. The number of piperidine rings is 1. The van der Waals surface area contributed by atoms with Crippen molar-refractivity contribution in [2.24, 2.45) is 0 Å². The van der Waals surface area contributed by atoms with Gasteiger partial charge in [-0.2, -0.15) is 18.4 Å². The minimum atomic E-state index is -4.57. The monoisotopic (exact) mass is 284 g/mol. The highest BCUT2D eigenvalue weighted by atomic mass is 19.4. The molecule has 20 heavy (non-hydrogen) atoms. The summed E-state index contributed by atoms with van der Waals surface area (Å²) in [6.07, 6.45) is -5.19. The predicted octanol–water partition coefficient (Wildman–Crippen LogP) is 2.45. The van der Waals surface area contributed by atoms with E-state index < -0.39 is 11.8 Å². The molecule has 6 heteroatoms. The maximum Gasteiger partial charge on any atom is 0.417 e. The molecule has 0 aromatic heterocycles. The number of alkyl halides is 3. The summed E-state index contributed by atoms with van der Waals surface area (Å²) in [5, 5.41) is 18.4. The van der Waals surface area contributed by atoms with Crippen molar-refractivity contribution in [1.82, 2.24) is 4.90 Å². The van der Waals surface area contributed by atoms with Crippen LogP contribution in [0.15, 0.2) is 24.3 Å². The lowest BCUT2D eigenvalue weighted by Crippen LogP contribution is -2.53. The van der Waals surface area contributed by atoms with E-state index in [1.54, 1.807) is 18.2 Å². The van der Waals surface area contributed by atoms with Gasteiger partial charge in [-0.15, -0.1) is 0 Å². The molecular weight excluding hydrogens is 269 g/mol. The quantitative estimate of drug-likeness (QED) is 0.907. The highest BCUT2D eigenvalue weighted by molar-refractivity contribution is 5.32. The Hall–Kier alpha value is -1.58. The van der Waals surface area contributed by atoms with Crippen molar-refractivity contribution in [3.05, 3.63) is 35.4 Å². The largest absolute Gasteiger partial charge is 0.417 e. The third-order valence-electron chi connectivity index (χ3n) is 3.67. The van der Waals surface area contributed by atoms with Crippen molar-refractivity contribution >= 4 is 0 Å². The lowest BCUT2D eigenvalue weighted by molar-refractivity contribution is -0.272. The van der Waals surface area contributed by atoms with Gasteiger partial charge in [-0.1, -0.05) is 12.1 Å². The van der Waals surface area contributed by atoms with Gasteiger partial charge in [0.05, 0.1) is 11.6 Å². The summed E-state index contributed by atoms with van der Waals surface area (Å²) in [7, 11) is 0. The molecule has 108 valence electrons. The van der Waals surface area contributed by atoms with Gasteiger partial charge < -0.3 is 5.11 Å². The Morgan fingerprint density at radius 2 is 1.95 bits per heavy atom. The molecule has 0 bridgehead atoms. The van der Waals surface area contributed by atoms with Gasteiger partial charge in [0.1, 0.15) is 0 Å². The third kappa shape index (κ3) is 3.11. The SMILES string of the molecule is N#Cc1cccc(CN2CCC(O)(C(F)(F)F)CC2)c1. The van der Waals surface area contributed by atoms with Crippen LogP contribution in [0.4, 0.5) is 13.2 Å². The molecule has 1 aromatic rings. The van der Waals surface area contributed by atoms with Crippen LogP contribution in [-0.2, 0) is 6.54 Å². The molecule has 0 radical (unpaired) electrons. The molecule has 0 unspecified atom stereocenters. The zero-order chi connectivity index (χ0) is 14.8. The number of nitrogens with zero attached hydrogens (tertiary/aromatic N) is 2. The van der Waals surface area contributed by atoms with Gasteiger partial charge in [0.15, 0.2) is 5.60 Å². The number of likely N-dealkylation sites (tertiary alicyclic amines) is 1. The second kappa shape index (κ2) is 5.43. The van der Waals surface area contributed by atoms with Crippen LogP contribution in [0, 0.1) is 11.3 Å². The molecule has 1 N–H and O–H groups in total. The van der Waals surface area contributed by atoms with E-state index in [1.807, 2.05) is 17.0 Å². The molecule has 2 rings (SSSR count). The second-order valence-electron chi connectivity index (χ2n) is 5.12. The molecule has 1 aliphatic heterocycles. The van der Waals surface area contributed by atoms with Crippen molar-refractivity contribution in [2.75, 3.05) is 13.1 Å². The second-order valence-corrected chi connectivity index (χ2v) is 5.12. The Balaban J connectivity index is 1.97. The zero-order valence-corrected chi connectivity index (χ0v) is 10.8. The van der Waals surface area contributed by atoms with Crippen LogP contribution >= 0.6 is 0 Å². The molecule has 0 spiro atoms. The van der Waals surface area contributed by atoms with E-state index >= 15 is 0 Å². The third-order valence-corrected chi connectivity index (χ3v) is 3.67. The average Bonchev–Trinajstić information content (AvgIpc) is 2.40. The minimum absolute atomic E-state index is 0.187. The molecule has 1 fully saturated rings. The average molecular weight is 284 g/mol. The summed E-state index contributed by atoms with van der Waals surface area (Å²) in [5.74, 6) is 0. The molecule has 0 amide bonds. The lowest BCUT2D eigenvalue weighted by atomic mass is 9.90. The smallest absolute Gasteiger partial charge is 0.380 e. The van der Waals surface area contributed by atoms with Crippen molar-refractivity contribution < 1.29 is 18.3 Å². The van der Waals surface area contributed by atoms with E-state index in [0.29, 0.717) is 12.1 Å². The Labute approximate surface area is 115 Å². The molecular formula is C14H15F3N2O. The zero-order valence-electron chi connectivity index (χ0n) is 10.8. The number of rotatable bonds is 2. The molecule has 0 saturated carbocycles. The van der Waals surface area contributed by atoms with Crippen LogP contribution in [0.5, 0.6) is 0 Å². The highest BCUT2D eigenvalue weighted by Gasteiger charge is 2.54. The first-order valence-electron chi connectivity index (χ1n) is 6.34. The number of hydrogen-bond donors (Lipinski definition) is 1. The van der Waals surface area contributed by atoms with Crippen molar-refractivity contribution in [3.8, 4) is 6.07 Å². The van der Waals surface area contributed by atoms with Crippen molar-refractivity contribution in [1.29, 1.82) is 5.26 Å². The fourth-order valence-electron chi connectivity index (χ4n) is 2.36. The summed E-state index contributed by atoms with van der Waals surface area (Å²) in [6.45, 7) is 0.864. The Bertz CT molecular complexity index is 514. The van der Waals surface area contributed by atoms with Gasteiger partial charge in [-0.25, -0.2) is 0 Å². The van der Waals surface area contributed by atoms with E-state index in [9.17, 15) is 18.3 Å². The number of benzene rings is 1. The molecule has 1 aliphatic rings. The fraction of sp³-hybridized carbons (Fsp3) is 0.500. The Morgan fingerprint density at radius 1 is 1.30 bits per heavy atom. The number of halogens is 3. The van der Waals surface area contributed by atoms with E-state index in [4.69, 9.17) is 5.26 Å². The van der Waals surface area contributed by atoms with Crippen molar-refractivity contribution in [2.45, 2.75) is 31.2 Å². The van der Waals surface area contributed by atoms with E-state index in [2.05, 4.69) is 0 Å². The van der Waals surface area contributed by atoms with Gasteiger partial charge in [-0.3, -0.25) is 4.90 Å². The minimum Gasteiger partial charge on any atom is -0.380 e. The van der Waals surface area contributed by atoms with Crippen LogP contribution < -0.4 is 0 Å². The summed E-state index contributed by atoms with van der Waals surface area (Å²) < 4.78 is 38.0. The first kappa shape index (κ1) is 14.8. The predicted molar refractivity (Wildman–Crippen MR) is 66.7 cm³/mol. The highest BCUT2D eigenvalue weighted by Crippen LogP contribution is 2.38. The summed E-state index contributed by atoms with van der Waals surface area (Å²) in [4.78, 5) is 1.86. The number of nitriles is 1. The molecule has 3 nitrogen and oxygen atoms in total. The fourth-order valence-corrected chi connectivity index (χ4v) is 2.36. The van der Waals surface area contributed by atoms with Crippen LogP contribution in [0.2, 0.25) is 0 Å². The van der Waals surface area contributed by atoms with E-state index in [-0.39, 0.29) is 25.9 Å². The van der Waals surface area contributed by atoms with Gasteiger partial charge >= 0.3 is 6.18 Å². The van der Waals surface area contributed by atoms with Crippen molar-refractivity contribution in [3.63, 3.8) is 0 Å². The maximum absolute atomic E-state index is 12.7. The topological polar surface area (TPSA) is 47.3 Å². The maximum atomic E-state index is 12.7. The van der Waals surface area contributed by atoms with Crippen LogP contribution in [0.25, 0.3) is 0 Å². The van der Waals surface area contributed by atoms with Gasteiger partial charge in [0.2, 0.25) is 0 Å². The van der Waals surface area contributed by atoms with Gasteiger partial charge in [-0.05, 0) is 30.5 Å². The van der Waals surface area contributed by atoms with E-state index in [1.165, 1.54) is 0 Å². The van der Waals surface area contributed by atoms with Gasteiger partial charge in [0.25, 0.3) is 0 Å². The van der Waals surface area contributed by atoms with Crippen LogP contribution in [0.1, 0.15) is 24.0 Å². The normalized spacial score (nSPS) is 19.6. The van der Waals surface area contributed by atoms with E-state index in [0.717, 1.165) is 5.56 Å². The number of aliphatic hydroxyl groups is 1. The first-order chi connectivity index (χ1) is 9.34. The summed E-state index contributed by atoms with van der Waals surface area (Å²) >= 11 is 0.